The van der Waals surface area contributed by atoms with E-state index in [4.69, 9.17) is 0 Å². The highest BCUT2D eigenvalue weighted by atomic mass is 32.2. The minimum atomic E-state index is -0.232. The van der Waals surface area contributed by atoms with Gasteiger partial charge in [0.15, 0.2) is 0 Å². The molecule has 2 rings (SSSR count). The number of nitrogens with one attached hydrogen (secondary N) is 1. The second-order valence-electron chi connectivity index (χ2n) is 5.09. The van der Waals surface area contributed by atoms with E-state index in [1.165, 1.54) is 6.07 Å². The lowest BCUT2D eigenvalue weighted by Crippen LogP contribution is -2.43. The maximum atomic E-state index is 13.6. The predicted molar refractivity (Wildman–Crippen MR) is 81.6 cm³/mol. The standard InChI is InChI=1S/C15H21FN2OS/c1-17-13-5-7-18(8-6-13)15(19)11-3-4-14(16)12(9-11)10-20-2/h3-4,9,13,17H,5-8,10H2,1-2H3. The summed E-state index contributed by atoms with van der Waals surface area (Å²) in [5, 5.41) is 3.25. The molecule has 0 bridgehead atoms. The fourth-order valence-corrected chi connectivity index (χ4v) is 3.06. The molecule has 0 atom stereocenters. The molecule has 1 aromatic rings. The van der Waals surface area contributed by atoms with Crippen LogP contribution in [0.4, 0.5) is 4.39 Å². The molecule has 20 heavy (non-hydrogen) atoms. The molecule has 5 heteroatoms. The van der Waals surface area contributed by atoms with Gasteiger partial charge in [-0.05, 0) is 49.9 Å². The number of thioether (sulfide) groups is 1. The number of benzene rings is 1. The monoisotopic (exact) mass is 296 g/mol. The van der Waals surface area contributed by atoms with Crippen molar-refractivity contribution in [2.75, 3.05) is 26.4 Å². The van der Waals surface area contributed by atoms with E-state index >= 15 is 0 Å². The van der Waals surface area contributed by atoms with E-state index in [0.29, 0.717) is 22.9 Å². The van der Waals surface area contributed by atoms with Gasteiger partial charge in [0.25, 0.3) is 5.91 Å². The van der Waals surface area contributed by atoms with Gasteiger partial charge in [-0.3, -0.25) is 4.79 Å². The van der Waals surface area contributed by atoms with Gasteiger partial charge in [-0.2, -0.15) is 11.8 Å². The Kier molecular flexibility index (Phi) is 5.43. The van der Waals surface area contributed by atoms with Gasteiger partial charge in [0.1, 0.15) is 5.82 Å². The Morgan fingerprint density at radius 3 is 2.75 bits per heavy atom. The molecule has 1 saturated heterocycles. The number of rotatable bonds is 4. The van der Waals surface area contributed by atoms with Crippen LogP contribution in [0.1, 0.15) is 28.8 Å². The largest absolute Gasteiger partial charge is 0.339 e. The van der Waals surface area contributed by atoms with Crippen LogP contribution < -0.4 is 5.32 Å². The average Bonchev–Trinajstić information content (AvgIpc) is 2.49. The Morgan fingerprint density at radius 1 is 1.45 bits per heavy atom. The number of piperidine rings is 1. The highest BCUT2D eigenvalue weighted by molar-refractivity contribution is 7.97. The second kappa shape index (κ2) is 7.09. The first-order valence-electron chi connectivity index (χ1n) is 6.89. The lowest BCUT2D eigenvalue weighted by molar-refractivity contribution is 0.0707. The molecule has 1 fully saturated rings. The minimum absolute atomic E-state index is 0.0157. The highest BCUT2D eigenvalue weighted by Gasteiger charge is 2.23. The third kappa shape index (κ3) is 3.52. The van der Waals surface area contributed by atoms with E-state index in [9.17, 15) is 9.18 Å². The van der Waals surface area contributed by atoms with Crippen molar-refractivity contribution < 1.29 is 9.18 Å². The Labute approximate surface area is 123 Å². The molecule has 0 radical (unpaired) electrons. The molecule has 0 aromatic heterocycles. The summed E-state index contributed by atoms with van der Waals surface area (Å²) in [7, 11) is 1.96. The van der Waals surface area contributed by atoms with Crippen LogP contribution in [0.25, 0.3) is 0 Å². The Balaban J connectivity index is 2.07. The van der Waals surface area contributed by atoms with E-state index in [1.54, 1.807) is 23.9 Å². The predicted octanol–water partition coefficient (Wildman–Crippen LogP) is 2.51. The van der Waals surface area contributed by atoms with E-state index in [1.807, 2.05) is 18.2 Å². The zero-order chi connectivity index (χ0) is 14.5. The minimum Gasteiger partial charge on any atom is -0.339 e. The second-order valence-corrected chi connectivity index (χ2v) is 5.96. The van der Waals surface area contributed by atoms with Crippen molar-refractivity contribution in [3.8, 4) is 0 Å². The molecule has 1 aliphatic heterocycles. The van der Waals surface area contributed by atoms with Gasteiger partial charge < -0.3 is 10.2 Å². The Morgan fingerprint density at radius 2 is 2.15 bits per heavy atom. The summed E-state index contributed by atoms with van der Waals surface area (Å²) >= 11 is 1.55. The summed E-state index contributed by atoms with van der Waals surface area (Å²) < 4.78 is 13.6. The molecule has 3 nitrogen and oxygen atoms in total. The summed E-state index contributed by atoms with van der Waals surface area (Å²) in [5.41, 5.74) is 1.20. The Hall–Kier alpha value is -1.07. The molecule has 1 amide bonds. The molecule has 0 aliphatic carbocycles. The van der Waals surface area contributed by atoms with Gasteiger partial charge in [-0.15, -0.1) is 0 Å². The van der Waals surface area contributed by atoms with Crippen LogP contribution in [-0.4, -0.2) is 43.2 Å². The number of likely N-dealkylation sites (tertiary alicyclic amines) is 1. The van der Waals surface area contributed by atoms with Gasteiger partial charge in [-0.25, -0.2) is 4.39 Å². The molecule has 0 spiro atoms. The zero-order valence-corrected chi connectivity index (χ0v) is 12.8. The van der Waals surface area contributed by atoms with Crippen LogP contribution in [0.15, 0.2) is 18.2 Å². The van der Waals surface area contributed by atoms with Crippen LogP contribution in [0.3, 0.4) is 0 Å². The highest BCUT2D eigenvalue weighted by Crippen LogP contribution is 2.19. The van der Waals surface area contributed by atoms with E-state index in [2.05, 4.69) is 5.32 Å². The molecule has 1 N–H and O–H groups in total. The summed E-state index contributed by atoms with van der Waals surface area (Å²) in [4.78, 5) is 14.3. The van der Waals surface area contributed by atoms with Crippen LogP contribution in [0.5, 0.6) is 0 Å². The average molecular weight is 296 g/mol. The molecule has 110 valence electrons. The van der Waals surface area contributed by atoms with Gasteiger partial charge in [0, 0.05) is 30.4 Å². The molecule has 0 unspecified atom stereocenters. The molecule has 1 aromatic carbocycles. The summed E-state index contributed by atoms with van der Waals surface area (Å²) in [6.45, 7) is 1.53. The van der Waals surface area contributed by atoms with Crippen LogP contribution in [0, 0.1) is 5.82 Å². The topological polar surface area (TPSA) is 32.3 Å². The number of halogens is 1. The summed E-state index contributed by atoms with van der Waals surface area (Å²) in [6, 6.07) is 5.18. The third-order valence-electron chi connectivity index (χ3n) is 3.78. The van der Waals surface area contributed by atoms with Crippen molar-refractivity contribution in [1.82, 2.24) is 10.2 Å². The first-order valence-corrected chi connectivity index (χ1v) is 8.29. The molecular weight excluding hydrogens is 275 g/mol. The number of hydrogen-bond acceptors (Lipinski definition) is 3. The van der Waals surface area contributed by atoms with Crippen LogP contribution in [0.2, 0.25) is 0 Å². The lowest BCUT2D eigenvalue weighted by Gasteiger charge is -2.32. The molecule has 0 saturated carbocycles. The van der Waals surface area contributed by atoms with Crippen molar-refractivity contribution in [1.29, 1.82) is 0 Å². The van der Waals surface area contributed by atoms with Gasteiger partial charge >= 0.3 is 0 Å². The first kappa shape index (κ1) is 15.3. The van der Waals surface area contributed by atoms with E-state index in [0.717, 1.165) is 25.9 Å². The fraction of sp³-hybridized carbons (Fsp3) is 0.533. The van der Waals surface area contributed by atoms with Crippen molar-refractivity contribution in [2.45, 2.75) is 24.6 Å². The fourth-order valence-electron chi connectivity index (χ4n) is 2.53. The Bertz CT molecular complexity index is 473. The third-order valence-corrected chi connectivity index (χ3v) is 4.38. The lowest BCUT2D eigenvalue weighted by atomic mass is 10.0. The van der Waals surface area contributed by atoms with E-state index < -0.39 is 0 Å². The first-order chi connectivity index (χ1) is 9.65. The maximum absolute atomic E-state index is 13.6. The van der Waals surface area contributed by atoms with E-state index in [-0.39, 0.29) is 11.7 Å². The van der Waals surface area contributed by atoms with Crippen molar-refractivity contribution in [3.63, 3.8) is 0 Å². The smallest absolute Gasteiger partial charge is 0.253 e. The summed E-state index contributed by atoms with van der Waals surface area (Å²) in [6.07, 6.45) is 3.87. The number of nitrogens with zero attached hydrogens (tertiary/aromatic N) is 1. The van der Waals surface area contributed by atoms with Crippen molar-refractivity contribution >= 4 is 17.7 Å². The van der Waals surface area contributed by atoms with Gasteiger partial charge in [0.05, 0.1) is 0 Å². The number of carbonyl (C=O) groups excluding carboxylic acids is 1. The number of amides is 1. The van der Waals surface area contributed by atoms with Crippen LogP contribution in [-0.2, 0) is 5.75 Å². The molecule has 1 heterocycles. The number of carbonyl (C=O) groups is 1. The van der Waals surface area contributed by atoms with Crippen molar-refractivity contribution in [3.05, 3.63) is 35.1 Å². The number of hydrogen-bond donors (Lipinski definition) is 1. The zero-order valence-electron chi connectivity index (χ0n) is 12.0. The quantitative estimate of drug-likeness (QED) is 0.926. The van der Waals surface area contributed by atoms with Gasteiger partial charge in [-0.1, -0.05) is 0 Å². The van der Waals surface area contributed by atoms with Crippen LogP contribution >= 0.6 is 11.8 Å². The normalized spacial score (nSPS) is 16.4. The summed E-state index contributed by atoms with van der Waals surface area (Å²) in [5.74, 6) is 0.376. The molecular formula is C15H21FN2OS. The molecule has 1 aliphatic rings. The van der Waals surface area contributed by atoms with Crippen molar-refractivity contribution in [2.24, 2.45) is 0 Å². The van der Waals surface area contributed by atoms with Gasteiger partial charge in [0.2, 0.25) is 0 Å². The SMILES string of the molecule is CNC1CCN(C(=O)c2ccc(F)c(CSC)c2)CC1. The maximum Gasteiger partial charge on any atom is 0.253 e.